The zero-order chi connectivity index (χ0) is 12.1. The summed E-state index contributed by atoms with van der Waals surface area (Å²) in [5, 5.41) is 11.6. The lowest BCUT2D eigenvalue weighted by Gasteiger charge is -2.08. The monoisotopic (exact) mass is 224 g/mol. The molecule has 0 bridgehead atoms. The Morgan fingerprint density at radius 2 is 2.19 bits per heavy atom. The van der Waals surface area contributed by atoms with Crippen LogP contribution in [0, 0.1) is 6.92 Å². The van der Waals surface area contributed by atoms with Gasteiger partial charge in [0.05, 0.1) is 18.3 Å². The Labute approximate surface area is 93.8 Å². The van der Waals surface area contributed by atoms with Crippen molar-refractivity contribution in [3.63, 3.8) is 0 Å². The van der Waals surface area contributed by atoms with Crippen LogP contribution in [0.2, 0.25) is 0 Å². The van der Waals surface area contributed by atoms with Crippen molar-refractivity contribution in [3.8, 4) is 0 Å². The average Bonchev–Trinajstić information content (AvgIpc) is 2.60. The molecule has 0 fully saturated rings. The number of aromatic amines is 1. The molecule has 0 aliphatic rings. The second kappa shape index (κ2) is 5.29. The van der Waals surface area contributed by atoms with Crippen molar-refractivity contribution in [2.45, 2.75) is 26.8 Å². The number of rotatable bonds is 4. The first-order chi connectivity index (χ1) is 7.50. The molecule has 3 N–H and O–H groups in total. The third-order valence-corrected chi connectivity index (χ3v) is 1.93. The summed E-state index contributed by atoms with van der Waals surface area (Å²) in [6.07, 6.45) is 1.44. The van der Waals surface area contributed by atoms with Crippen LogP contribution in [0.5, 0.6) is 0 Å². The highest BCUT2D eigenvalue weighted by molar-refractivity contribution is 5.97. The van der Waals surface area contributed by atoms with E-state index in [0.29, 0.717) is 11.3 Å². The van der Waals surface area contributed by atoms with E-state index in [4.69, 9.17) is 0 Å². The maximum absolute atomic E-state index is 11.6. The molecule has 1 rings (SSSR count). The molecule has 0 saturated heterocycles. The van der Waals surface area contributed by atoms with Gasteiger partial charge >= 0.3 is 0 Å². The second-order valence-electron chi connectivity index (χ2n) is 3.81. The van der Waals surface area contributed by atoms with E-state index in [1.807, 2.05) is 13.8 Å². The van der Waals surface area contributed by atoms with Gasteiger partial charge in [0.15, 0.2) is 0 Å². The summed E-state index contributed by atoms with van der Waals surface area (Å²) in [5.41, 5.74) is 1.14. The number of hydrogen-bond acceptors (Lipinski definition) is 3. The van der Waals surface area contributed by atoms with E-state index in [0.717, 1.165) is 0 Å². The molecule has 88 valence electrons. The third kappa shape index (κ3) is 3.38. The molecule has 0 aliphatic heterocycles. The van der Waals surface area contributed by atoms with Crippen molar-refractivity contribution in [2.75, 3.05) is 6.54 Å². The Morgan fingerprint density at radius 3 is 2.69 bits per heavy atom. The van der Waals surface area contributed by atoms with Gasteiger partial charge in [0.25, 0.3) is 5.91 Å². The number of carbonyl (C=O) groups excluding carboxylic acids is 2. The molecule has 16 heavy (non-hydrogen) atoms. The molecular formula is C10H16N4O2. The van der Waals surface area contributed by atoms with Gasteiger partial charge in [-0.05, 0) is 20.8 Å². The number of aromatic nitrogens is 2. The van der Waals surface area contributed by atoms with Gasteiger partial charge in [-0.25, -0.2) is 0 Å². The average molecular weight is 224 g/mol. The topological polar surface area (TPSA) is 86.9 Å². The number of aryl methyl sites for hydroxylation is 1. The molecule has 0 spiro atoms. The molecule has 1 aromatic rings. The SMILES string of the molecule is Cc1[nH]ncc1C(=O)NCC(=O)NC(C)C. The van der Waals surface area contributed by atoms with Crippen molar-refractivity contribution in [2.24, 2.45) is 0 Å². The van der Waals surface area contributed by atoms with Gasteiger partial charge in [-0.15, -0.1) is 0 Å². The minimum atomic E-state index is -0.301. The molecule has 1 aromatic heterocycles. The number of hydrogen-bond donors (Lipinski definition) is 3. The molecule has 2 amide bonds. The van der Waals surface area contributed by atoms with Crippen LogP contribution in [-0.4, -0.2) is 34.6 Å². The lowest BCUT2D eigenvalue weighted by atomic mass is 10.2. The predicted molar refractivity (Wildman–Crippen MR) is 58.9 cm³/mol. The summed E-state index contributed by atoms with van der Waals surface area (Å²) in [6.45, 7) is 5.44. The fraction of sp³-hybridized carbons (Fsp3) is 0.500. The smallest absolute Gasteiger partial charge is 0.255 e. The third-order valence-electron chi connectivity index (χ3n) is 1.93. The van der Waals surface area contributed by atoms with Crippen molar-refractivity contribution in [1.29, 1.82) is 0 Å². The highest BCUT2D eigenvalue weighted by Gasteiger charge is 2.11. The van der Waals surface area contributed by atoms with Crippen molar-refractivity contribution < 1.29 is 9.59 Å². The predicted octanol–water partition coefficient (Wildman–Crippen LogP) is -0.0275. The quantitative estimate of drug-likeness (QED) is 0.671. The molecule has 0 unspecified atom stereocenters. The van der Waals surface area contributed by atoms with E-state index < -0.39 is 0 Å². The largest absolute Gasteiger partial charge is 0.352 e. The Bertz CT molecular complexity index is 384. The summed E-state index contributed by atoms with van der Waals surface area (Å²) < 4.78 is 0. The number of nitrogens with zero attached hydrogens (tertiary/aromatic N) is 1. The second-order valence-corrected chi connectivity index (χ2v) is 3.81. The molecule has 1 heterocycles. The van der Waals surface area contributed by atoms with Crippen LogP contribution in [0.4, 0.5) is 0 Å². The zero-order valence-electron chi connectivity index (χ0n) is 9.63. The van der Waals surface area contributed by atoms with E-state index in [2.05, 4.69) is 20.8 Å². The standard InChI is InChI=1S/C10H16N4O2/c1-6(2)13-9(15)5-11-10(16)8-4-12-14-7(8)3/h4,6H,5H2,1-3H3,(H,11,16)(H,12,14)(H,13,15). The molecule has 6 nitrogen and oxygen atoms in total. The zero-order valence-corrected chi connectivity index (χ0v) is 9.63. The molecular weight excluding hydrogens is 208 g/mol. The number of nitrogens with one attached hydrogen (secondary N) is 3. The van der Waals surface area contributed by atoms with Crippen molar-refractivity contribution in [3.05, 3.63) is 17.5 Å². The highest BCUT2D eigenvalue weighted by atomic mass is 16.2. The van der Waals surface area contributed by atoms with Gasteiger partial charge < -0.3 is 10.6 Å². The Kier molecular flexibility index (Phi) is 4.04. The van der Waals surface area contributed by atoms with Crippen LogP contribution >= 0.6 is 0 Å². The minimum Gasteiger partial charge on any atom is -0.352 e. The fourth-order valence-electron chi connectivity index (χ4n) is 1.21. The van der Waals surface area contributed by atoms with Gasteiger partial charge in [-0.2, -0.15) is 5.10 Å². The van der Waals surface area contributed by atoms with Crippen LogP contribution in [0.3, 0.4) is 0 Å². The van der Waals surface area contributed by atoms with Crippen LogP contribution in [0.1, 0.15) is 29.9 Å². The van der Waals surface area contributed by atoms with Gasteiger partial charge in [0.1, 0.15) is 0 Å². The minimum absolute atomic E-state index is 0.0262. The van der Waals surface area contributed by atoms with E-state index in [1.54, 1.807) is 6.92 Å². The molecule has 0 radical (unpaired) electrons. The van der Waals surface area contributed by atoms with Crippen LogP contribution in [0.25, 0.3) is 0 Å². The summed E-state index contributed by atoms with van der Waals surface area (Å²) in [7, 11) is 0. The number of H-pyrrole nitrogens is 1. The summed E-state index contributed by atoms with van der Waals surface area (Å²) in [5.74, 6) is -0.505. The summed E-state index contributed by atoms with van der Waals surface area (Å²) in [6, 6.07) is 0.0695. The fourth-order valence-corrected chi connectivity index (χ4v) is 1.21. The summed E-state index contributed by atoms with van der Waals surface area (Å²) in [4.78, 5) is 22.8. The molecule has 0 aromatic carbocycles. The van der Waals surface area contributed by atoms with Crippen LogP contribution < -0.4 is 10.6 Å². The Hall–Kier alpha value is -1.85. The van der Waals surface area contributed by atoms with E-state index in [1.165, 1.54) is 6.20 Å². The lowest BCUT2D eigenvalue weighted by Crippen LogP contribution is -2.39. The maximum atomic E-state index is 11.6. The van der Waals surface area contributed by atoms with Crippen LogP contribution in [0.15, 0.2) is 6.20 Å². The number of carbonyl (C=O) groups is 2. The maximum Gasteiger partial charge on any atom is 0.255 e. The van der Waals surface area contributed by atoms with E-state index in [-0.39, 0.29) is 24.4 Å². The molecule has 6 heteroatoms. The Morgan fingerprint density at radius 1 is 1.50 bits per heavy atom. The summed E-state index contributed by atoms with van der Waals surface area (Å²) >= 11 is 0. The van der Waals surface area contributed by atoms with E-state index >= 15 is 0 Å². The number of amides is 2. The molecule has 0 aliphatic carbocycles. The van der Waals surface area contributed by atoms with Gasteiger partial charge in [0.2, 0.25) is 5.91 Å². The van der Waals surface area contributed by atoms with Gasteiger partial charge in [-0.3, -0.25) is 14.7 Å². The van der Waals surface area contributed by atoms with E-state index in [9.17, 15) is 9.59 Å². The van der Waals surface area contributed by atoms with Crippen molar-refractivity contribution in [1.82, 2.24) is 20.8 Å². The first-order valence-corrected chi connectivity index (χ1v) is 5.08. The first kappa shape index (κ1) is 12.2. The first-order valence-electron chi connectivity index (χ1n) is 5.08. The molecule has 0 saturated carbocycles. The lowest BCUT2D eigenvalue weighted by molar-refractivity contribution is -0.120. The van der Waals surface area contributed by atoms with Gasteiger partial charge in [-0.1, -0.05) is 0 Å². The Balaban J connectivity index is 2.42. The molecule has 0 atom stereocenters. The van der Waals surface area contributed by atoms with Gasteiger partial charge in [0, 0.05) is 11.7 Å². The van der Waals surface area contributed by atoms with Crippen LogP contribution in [-0.2, 0) is 4.79 Å². The highest BCUT2D eigenvalue weighted by Crippen LogP contribution is 2.01. The normalized spacial score (nSPS) is 10.2. The van der Waals surface area contributed by atoms with Crippen molar-refractivity contribution >= 4 is 11.8 Å².